The van der Waals surface area contributed by atoms with Crippen molar-refractivity contribution in [3.63, 3.8) is 0 Å². The second-order valence-electron chi connectivity index (χ2n) is 4.68. The van der Waals surface area contributed by atoms with E-state index in [-0.39, 0.29) is 0 Å². The minimum absolute atomic E-state index is 0.462. The van der Waals surface area contributed by atoms with E-state index in [1.807, 2.05) is 12.1 Å². The smallest absolute Gasteiger partial charge is 0.0670 e. The van der Waals surface area contributed by atoms with Crippen molar-refractivity contribution >= 4 is 17.3 Å². The van der Waals surface area contributed by atoms with Crippen LogP contribution in [0.2, 0.25) is 5.02 Å². The molecule has 1 fully saturated rings. The zero-order chi connectivity index (χ0) is 13.0. The minimum atomic E-state index is 0.462. The average Bonchev–Trinajstić information content (AvgIpc) is 2.90. The van der Waals surface area contributed by atoms with Crippen molar-refractivity contribution in [3.8, 4) is 0 Å². The largest absolute Gasteiger partial charge is 0.379 e. The van der Waals surface area contributed by atoms with Gasteiger partial charge in [0.1, 0.15) is 0 Å². The molecule has 1 atom stereocenters. The molecule has 0 amide bonds. The molecule has 1 aromatic rings. The Hall–Kier alpha value is -0.770. The third-order valence-electron chi connectivity index (χ3n) is 3.45. The molecule has 1 saturated heterocycles. The van der Waals surface area contributed by atoms with Crippen LogP contribution < -0.4 is 10.2 Å². The van der Waals surface area contributed by atoms with Gasteiger partial charge in [-0.05, 0) is 30.7 Å². The van der Waals surface area contributed by atoms with Crippen LogP contribution in [-0.2, 0) is 11.3 Å². The molecule has 0 bridgehead atoms. The maximum absolute atomic E-state index is 6.12. The van der Waals surface area contributed by atoms with Gasteiger partial charge in [-0.1, -0.05) is 24.6 Å². The Morgan fingerprint density at radius 2 is 2.33 bits per heavy atom. The first kappa shape index (κ1) is 13.7. The lowest BCUT2D eigenvalue weighted by molar-refractivity contribution is 0.193. The van der Waals surface area contributed by atoms with Gasteiger partial charge in [0, 0.05) is 30.9 Å². The fourth-order valence-electron chi connectivity index (χ4n) is 2.30. The van der Waals surface area contributed by atoms with E-state index in [2.05, 4.69) is 30.3 Å². The number of anilines is 1. The van der Waals surface area contributed by atoms with Crippen LogP contribution in [0.3, 0.4) is 0 Å². The number of halogens is 1. The number of rotatable bonds is 5. The first-order chi connectivity index (χ1) is 8.72. The molecule has 4 heteroatoms. The number of hydrogen-bond donors (Lipinski definition) is 1. The maximum Gasteiger partial charge on any atom is 0.0670 e. The van der Waals surface area contributed by atoms with Gasteiger partial charge in [0.25, 0.3) is 0 Å². The number of benzene rings is 1. The normalized spacial score (nSPS) is 19.2. The van der Waals surface area contributed by atoms with Crippen LogP contribution in [0.4, 0.5) is 5.69 Å². The predicted octanol–water partition coefficient (Wildman–Crippen LogP) is 2.67. The lowest BCUT2D eigenvalue weighted by Crippen LogP contribution is -2.33. The van der Waals surface area contributed by atoms with E-state index in [9.17, 15) is 0 Å². The molecule has 100 valence electrons. The fraction of sp³-hybridized carbons (Fsp3) is 0.571. The number of likely N-dealkylation sites (N-methyl/N-ethyl adjacent to an activating group) is 1. The van der Waals surface area contributed by atoms with Crippen molar-refractivity contribution in [1.82, 2.24) is 5.32 Å². The van der Waals surface area contributed by atoms with Crippen LogP contribution in [0, 0.1) is 0 Å². The molecule has 3 nitrogen and oxygen atoms in total. The molecule has 1 aliphatic rings. The summed E-state index contributed by atoms with van der Waals surface area (Å²) < 4.78 is 5.46. The van der Waals surface area contributed by atoms with Crippen molar-refractivity contribution in [2.45, 2.75) is 25.9 Å². The highest BCUT2D eigenvalue weighted by molar-refractivity contribution is 6.30. The van der Waals surface area contributed by atoms with Gasteiger partial charge in [-0.15, -0.1) is 0 Å². The zero-order valence-corrected chi connectivity index (χ0v) is 11.8. The first-order valence-corrected chi connectivity index (χ1v) is 6.90. The molecule has 1 aromatic carbocycles. The Bertz CT molecular complexity index is 391. The van der Waals surface area contributed by atoms with Crippen molar-refractivity contribution in [2.75, 3.05) is 31.7 Å². The van der Waals surface area contributed by atoms with Crippen LogP contribution in [0.5, 0.6) is 0 Å². The van der Waals surface area contributed by atoms with E-state index in [1.54, 1.807) is 0 Å². The molecule has 0 aliphatic carbocycles. The third kappa shape index (κ3) is 3.16. The second-order valence-corrected chi connectivity index (χ2v) is 5.12. The minimum Gasteiger partial charge on any atom is -0.379 e. The highest BCUT2D eigenvalue weighted by atomic mass is 35.5. The Balaban J connectivity index is 2.19. The SMILES string of the molecule is CCNCc1ccc(Cl)cc1N(C)C1CCOC1. The van der Waals surface area contributed by atoms with Crippen LogP contribution in [0.1, 0.15) is 18.9 Å². The summed E-state index contributed by atoms with van der Waals surface area (Å²) in [5.74, 6) is 0. The molecule has 1 N–H and O–H groups in total. The van der Waals surface area contributed by atoms with Gasteiger partial charge in [0.2, 0.25) is 0 Å². The van der Waals surface area contributed by atoms with E-state index in [0.717, 1.165) is 37.7 Å². The molecule has 0 saturated carbocycles. The quantitative estimate of drug-likeness (QED) is 0.889. The lowest BCUT2D eigenvalue weighted by Gasteiger charge is -2.28. The summed E-state index contributed by atoms with van der Waals surface area (Å²) in [4.78, 5) is 2.30. The lowest BCUT2D eigenvalue weighted by atomic mass is 10.1. The fourth-order valence-corrected chi connectivity index (χ4v) is 2.47. The van der Waals surface area contributed by atoms with Crippen molar-refractivity contribution in [2.24, 2.45) is 0 Å². The molecular formula is C14H21ClN2O. The van der Waals surface area contributed by atoms with Gasteiger partial charge < -0.3 is 15.0 Å². The number of hydrogen-bond acceptors (Lipinski definition) is 3. The molecule has 2 rings (SSSR count). The Kier molecular flexibility index (Phi) is 4.87. The predicted molar refractivity (Wildman–Crippen MR) is 76.5 cm³/mol. The highest BCUT2D eigenvalue weighted by Gasteiger charge is 2.22. The number of nitrogens with one attached hydrogen (secondary N) is 1. The maximum atomic E-state index is 6.12. The molecule has 1 unspecified atom stereocenters. The summed E-state index contributed by atoms with van der Waals surface area (Å²) in [6.45, 7) is 5.63. The molecule has 1 heterocycles. The van der Waals surface area contributed by atoms with Gasteiger partial charge >= 0.3 is 0 Å². The molecule has 0 aromatic heterocycles. The summed E-state index contributed by atoms with van der Waals surface area (Å²) in [6, 6.07) is 6.57. The molecule has 0 radical (unpaired) electrons. The molecule has 0 spiro atoms. The van der Waals surface area contributed by atoms with E-state index in [4.69, 9.17) is 16.3 Å². The Labute approximate surface area is 114 Å². The molecular weight excluding hydrogens is 248 g/mol. The van der Waals surface area contributed by atoms with Crippen LogP contribution in [0.15, 0.2) is 18.2 Å². The van der Waals surface area contributed by atoms with E-state index in [0.29, 0.717) is 6.04 Å². The highest BCUT2D eigenvalue weighted by Crippen LogP contribution is 2.27. The van der Waals surface area contributed by atoms with E-state index >= 15 is 0 Å². The molecule has 18 heavy (non-hydrogen) atoms. The summed E-state index contributed by atoms with van der Waals surface area (Å²) in [6.07, 6.45) is 1.09. The van der Waals surface area contributed by atoms with Crippen molar-refractivity contribution < 1.29 is 4.74 Å². The van der Waals surface area contributed by atoms with Gasteiger partial charge in [-0.3, -0.25) is 0 Å². The summed E-state index contributed by atoms with van der Waals surface area (Å²) in [5.41, 5.74) is 2.50. The van der Waals surface area contributed by atoms with Gasteiger partial charge in [-0.2, -0.15) is 0 Å². The summed E-state index contributed by atoms with van der Waals surface area (Å²) >= 11 is 6.12. The summed E-state index contributed by atoms with van der Waals surface area (Å²) in [5, 5.41) is 4.16. The molecule has 1 aliphatic heterocycles. The van der Waals surface area contributed by atoms with Crippen molar-refractivity contribution in [1.29, 1.82) is 0 Å². The van der Waals surface area contributed by atoms with E-state index < -0.39 is 0 Å². The van der Waals surface area contributed by atoms with Crippen LogP contribution in [0.25, 0.3) is 0 Å². The van der Waals surface area contributed by atoms with Crippen molar-refractivity contribution in [3.05, 3.63) is 28.8 Å². The summed E-state index contributed by atoms with van der Waals surface area (Å²) in [7, 11) is 2.13. The Morgan fingerprint density at radius 3 is 3.00 bits per heavy atom. The van der Waals surface area contributed by atoms with Crippen LogP contribution in [-0.4, -0.2) is 32.8 Å². The topological polar surface area (TPSA) is 24.5 Å². The van der Waals surface area contributed by atoms with Crippen LogP contribution >= 0.6 is 11.6 Å². The van der Waals surface area contributed by atoms with Gasteiger partial charge in [-0.25, -0.2) is 0 Å². The number of nitrogens with zero attached hydrogens (tertiary/aromatic N) is 1. The van der Waals surface area contributed by atoms with Gasteiger partial charge in [0.05, 0.1) is 12.6 Å². The first-order valence-electron chi connectivity index (χ1n) is 6.52. The standard InChI is InChI=1S/C14H21ClN2O/c1-3-16-9-11-4-5-12(15)8-14(11)17(2)13-6-7-18-10-13/h4-5,8,13,16H,3,6-7,9-10H2,1-2H3. The third-order valence-corrected chi connectivity index (χ3v) is 3.68. The average molecular weight is 269 g/mol. The monoisotopic (exact) mass is 268 g/mol. The number of ether oxygens (including phenoxy) is 1. The Morgan fingerprint density at radius 1 is 1.50 bits per heavy atom. The second kappa shape index (κ2) is 6.41. The zero-order valence-electron chi connectivity index (χ0n) is 11.1. The van der Waals surface area contributed by atoms with Gasteiger partial charge in [0.15, 0.2) is 0 Å². The van der Waals surface area contributed by atoms with E-state index in [1.165, 1.54) is 11.3 Å².